The Labute approximate surface area is 217 Å². The molecule has 2 aromatic carbocycles. The zero-order chi connectivity index (χ0) is 26.4. The molecule has 0 saturated carbocycles. The maximum absolute atomic E-state index is 13.1. The van der Waals surface area contributed by atoms with Gasteiger partial charge < -0.3 is 24.2 Å². The van der Waals surface area contributed by atoms with E-state index in [0.717, 1.165) is 15.4 Å². The van der Waals surface area contributed by atoms with Crippen LogP contribution in [0.5, 0.6) is 5.75 Å². The van der Waals surface area contributed by atoms with Gasteiger partial charge in [0.15, 0.2) is 5.76 Å². The van der Waals surface area contributed by atoms with Gasteiger partial charge in [-0.15, -0.1) is 6.42 Å². The monoisotopic (exact) mass is 526 g/mol. The van der Waals surface area contributed by atoms with Crippen LogP contribution in [0.15, 0.2) is 65.3 Å². The third-order valence-electron chi connectivity index (χ3n) is 6.20. The molecule has 37 heavy (non-hydrogen) atoms. The van der Waals surface area contributed by atoms with E-state index in [0.29, 0.717) is 25.3 Å². The number of methoxy groups -OCH3 is 1. The average Bonchev–Trinajstić information content (AvgIpc) is 3.78. The van der Waals surface area contributed by atoms with Crippen molar-refractivity contribution < 1.29 is 32.5 Å². The molecule has 0 unspecified atom stereocenters. The van der Waals surface area contributed by atoms with Gasteiger partial charge in [-0.05, 0) is 48.0 Å². The molecule has 9 nitrogen and oxygen atoms in total. The third-order valence-corrected chi connectivity index (χ3v) is 8.11. The Bertz CT molecular complexity index is 1260. The van der Waals surface area contributed by atoms with Crippen molar-refractivity contribution in [3.05, 3.63) is 71.5 Å². The number of nitrogens with zero attached hydrogens (tertiary/aromatic N) is 2. The molecule has 2 aromatic rings. The van der Waals surface area contributed by atoms with Crippen molar-refractivity contribution in [1.82, 2.24) is 9.21 Å². The van der Waals surface area contributed by atoms with Crippen LogP contribution in [-0.4, -0.2) is 81.4 Å². The Hall–Kier alpha value is -3.36. The first kappa shape index (κ1) is 26.7. The molecule has 1 saturated heterocycles. The van der Waals surface area contributed by atoms with Crippen molar-refractivity contribution in [3.8, 4) is 18.1 Å². The van der Waals surface area contributed by atoms with E-state index in [1.807, 2.05) is 24.3 Å². The summed E-state index contributed by atoms with van der Waals surface area (Å²) >= 11 is 0. The molecule has 1 fully saturated rings. The van der Waals surface area contributed by atoms with E-state index in [2.05, 4.69) is 5.92 Å². The number of allylic oxidation sites excluding steroid dienone is 1. The maximum Gasteiger partial charge on any atom is 0.288 e. The summed E-state index contributed by atoms with van der Waals surface area (Å²) in [5.41, 5.74) is 1.73. The van der Waals surface area contributed by atoms with Gasteiger partial charge in [-0.1, -0.05) is 18.1 Å². The molecule has 1 amide bonds. The van der Waals surface area contributed by atoms with Gasteiger partial charge in [0.2, 0.25) is 16.3 Å². The van der Waals surface area contributed by atoms with Gasteiger partial charge in [-0.3, -0.25) is 4.79 Å². The number of rotatable bonds is 11. The fraction of sp³-hybridized carbons (Fsp3) is 0.370. The van der Waals surface area contributed by atoms with Crippen LogP contribution in [0.2, 0.25) is 0 Å². The highest BCUT2D eigenvalue weighted by atomic mass is 32.2. The molecule has 4 rings (SSSR count). The molecule has 2 aliphatic rings. The number of carbonyl (C=O) groups excluding carboxylic acids is 1. The molecule has 2 aliphatic heterocycles. The lowest BCUT2D eigenvalue weighted by Gasteiger charge is -2.30. The fourth-order valence-electron chi connectivity index (χ4n) is 4.03. The zero-order valence-electron chi connectivity index (χ0n) is 20.6. The number of hydrogen-bond donors (Lipinski definition) is 1. The second-order valence-corrected chi connectivity index (χ2v) is 10.6. The fourth-order valence-corrected chi connectivity index (χ4v) is 5.44. The number of hydrogen-bond acceptors (Lipinski definition) is 7. The van der Waals surface area contributed by atoms with E-state index in [4.69, 9.17) is 20.6 Å². The van der Waals surface area contributed by atoms with Crippen LogP contribution >= 0.6 is 0 Å². The van der Waals surface area contributed by atoms with Crippen molar-refractivity contribution in [2.24, 2.45) is 0 Å². The minimum absolute atomic E-state index is 0.00453. The standard InChI is InChI=1S/C27H30N2O7S/c1-3-20-4-6-21(7-5-20)22-18-25(27(31)28-12-13-28)36-26(19-22)35-17-15-29(14-16-30)37(32,33)24-10-8-23(34-2)9-11-24/h1,4-11,18,22,26,30H,12-17,19H2,2H3/t22-,26+/m1/s1. The SMILES string of the molecule is C#Cc1ccc([C@@H]2C=C(C(=O)N3CC3)O[C@H](OCCN(CCO)S(=O)(=O)c3ccc(OC)cc3)C2)cc1. The molecule has 2 atom stereocenters. The molecule has 1 N–H and O–H groups in total. The molecule has 10 heteroatoms. The van der Waals surface area contributed by atoms with Crippen molar-refractivity contribution in [1.29, 1.82) is 0 Å². The Morgan fingerprint density at radius 3 is 2.46 bits per heavy atom. The first-order valence-electron chi connectivity index (χ1n) is 12.0. The van der Waals surface area contributed by atoms with Crippen LogP contribution in [0, 0.1) is 12.3 Å². The van der Waals surface area contributed by atoms with E-state index in [1.54, 1.807) is 23.1 Å². The summed E-state index contributed by atoms with van der Waals surface area (Å²) < 4.78 is 44.3. The normalized spacial score (nSPS) is 19.1. The van der Waals surface area contributed by atoms with Gasteiger partial charge in [-0.2, -0.15) is 4.31 Å². The quantitative estimate of drug-likeness (QED) is 0.352. The van der Waals surface area contributed by atoms with Gasteiger partial charge in [0.1, 0.15) is 5.75 Å². The number of carbonyl (C=O) groups is 1. The van der Waals surface area contributed by atoms with Gasteiger partial charge >= 0.3 is 0 Å². The summed E-state index contributed by atoms with van der Waals surface area (Å²) in [6.07, 6.45) is 6.96. The predicted molar refractivity (Wildman–Crippen MR) is 136 cm³/mol. The molecular weight excluding hydrogens is 496 g/mol. The van der Waals surface area contributed by atoms with Crippen LogP contribution in [0.3, 0.4) is 0 Å². The van der Waals surface area contributed by atoms with Crippen LogP contribution in [0.25, 0.3) is 0 Å². The first-order chi connectivity index (χ1) is 17.8. The zero-order valence-corrected chi connectivity index (χ0v) is 21.4. The number of benzene rings is 2. The maximum atomic E-state index is 13.1. The number of sulfonamides is 1. The van der Waals surface area contributed by atoms with E-state index in [1.165, 1.54) is 19.2 Å². The van der Waals surface area contributed by atoms with Crippen molar-refractivity contribution >= 4 is 15.9 Å². The number of amides is 1. The first-order valence-corrected chi connectivity index (χ1v) is 13.4. The molecule has 0 aromatic heterocycles. The Balaban J connectivity index is 1.44. The smallest absolute Gasteiger partial charge is 0.288 e. The Morgan fingerprint density at radius 2 is 1.86 bits per heavy atom. The largest absolute Gasteiger partial charge is 0.497 e. The van der Waals surface area contributed by atoms with Gasteiger partial charge in [0.25, 0.3) is 5.91 Å². The highest BCUT2D eigenvalue weighted by Gasteiger charge is 2.34. The summed E-state index contributed by atoms with van der Waals surface area (Å²) in [5.74, 6) is 3.02. The lowest BCUT2D eigenvalue weighted by molar-refractivity contribution is -0.149. The highest BCUT2D eigenvalue weighted by Crippen LogP contribution is 2.33. The molecule has 0 radical (unpaired) electrons. The molecule has 0 spiro atoms. The van der Waals surface area contributed by atoms with Gasteiger partial charge in [0, 0.05) is 44.1 Å². The van der Waals surface area contributed by atoms with Crippen LogP contribution in [0.4, 0.5) is 0 Å². The highest BCUT2D eigenvalue weighted by molar-refractivity contribution is 7.89. The Morgan fingerprint density at radius 1 is 1.16 bits per heavy atom. The van der Waals surface area contributed by atoms with Crippen LogP contribution in [-0.2, 0) is 24.3 Å². The van der Waals surface area contributed by atoms with E-state index in [9.17, 15) is 18.3 Å². The number of aliphatic hydroxyl groups is 1. The average molecular weight is 527 g/mol. The molecule has 0 aliphatic carbocycles. The van der Waals surface area contributed by atoms with E-state index in [-0.39, 0.29) is 48.8 Å². The second-order valence-electron chi connectivity index (χ2n) is 8.65. The minimum atomic E-state index is -3.87. The lowest BCUT2D eigenvalue weighted by atomic mass is 9.92. The van der Waals surface area contributed by atoms with Crippen LogP contribution < -0.4 is 4.74 Å². The Kier molecular flexibility index (Phi) is 8.51. The number of ether oxygens (including phenoxy) is 3. The summed E-state index contributed by atoms with van der Waals surface area (Å²) in [4.78, 5) is 14.5. The third kappa shape index (κ3) is 6.50. The molecule has 0 bridgehead atoms. The van der Waals surface area contributed by atoms with Gasteiger partial charge in [0.05, 0.1) is 25.2 Å². The summed E-state index contributed by atoms with van der Waals surface area (Å²) in [6, 6.07) is 13.6. The minimum Gasteiger partial charge on any atom is -0.497 e. The second kappa shape index (κ2) is 11.8. The van der Waals surface area contributed by atoms with Crippen molar-refractivity contribution in [2.75, 3.05) is 46.5 Å². The summed E-state index contributed by atoms with van der Waals surface area (Å²) in [6.45, 7) is 0.940. The lowest BCUT2D eigenvalue weighted by Crippen LogP contribution is -2.37. The summed E-state index contributed by atoms with van der Waals surface area (Å²) in [7, 11) is -2.37. The van der Waals surface area contributed by atoms with Crippen molar-refractivity contribution in [2.45, 2.75) is 23.5 Å². The van der Waals surface area contributed by atoms with E-state index < -0.39 is 16.3 Å². The predicted octanol–water partition coefficient (Wildman–Crippen LogP) is 1.93. The molecule has 2 heterocycles. The van der Waals surface area contributed by atoms with Crippen LogP contribution in [0.1, 0.15) is 23.5 Å². The molecular formula is C27H30N2O7S. The number of aliphatic hydroxyl groups excluding tert-OH is 1. The molecule has 196 valence electrons. The van der Waals surface area contributed by atoms with E-state index >= 15 is 0 Å². The van der Waals surface area contributed by atoms with Crippen molar-refractivity contribution in [3.63, 3.8) is 0 Å². The number of terminal acetylenes is 1. The van der Waals surface area contributed by atoms with Gasteiger partial charge in [-0.25, -0.2) is 8.42 Å². The summed E-state index contributed by atoms with van der Waals surface area (Å²) in [5, 5.41) is 9.48. The topological polar surface area (TPSA) is 105 Å².